The van der Waals surface area contributed by atoms with Gasteiger partial charge in [0.2, 0.25) is 5.91 Å². The molecule has 1 heterocycles. The molecule has 3 rings (SSSR count). The number of carbonyl (C=O) groups is 1. The van der Waals surface area contributed by atoms with Gasteiger partial charge < -0.3 is 21.3 Å². The lowest BCUT2D eigenvalue weighted by Crippen LogP contribution is -2.42. The summed E-state index contributed by atoms with van der Waals surface area (Å²) in [6, 6.07) is 18.5. The summed E-state index contributed by atoms with van der Waals surface area (Å²) >= 11 is 0. The van der Waals surface area contributed by atoms with Crippen LogP contribution in [0.1, 0.15) is 30.4 Å². The summed E-state index contributed by atoms with van der Waals surface area (Å²) in [6.07, 6.45) is 2.94. The second kappa shape index (κ2) is 11.4. The van der Waals surface area contributed by atoms with E-state index in [1.165, 1.54) is 11.1 Å². The normalized spacial score (nSPS) is 17.5. The highest BCUT2D eigenvalue weighted by Crippen LogP contribution is 2.16. The molecule has 1 amide bonds. The van der Waals surface area contributed by atoms with Crippen molar-refractivity contribution in [1.29, 1.82) is 0 Å². The quantitative estimate of drug-likeness (QED) is 0.357. The first-order valence-electron chi connectivity index (χ1n) is 10.8. The number of guanidine groups is 1. The van der Waals surface area contributed by atoms with Crippen LogP contribution in [-0.4, -0.2) is 42.9 Å². The fourth-order valence-corrected chi connectivity index (χ4v) is 3.66. The molecule has 0 aliphatic carbocycles. The van der Waals surface area contributed by atoms with Crippen molar-refractivity contribution in [3.63, 3.8) is 0 Å². The zero-order valence-corrected chi connectivity index (χ0v) is 17.8. The van der Waals surface area contributed by atoms with Gasteiger partial charge in [0.1, 0.15) is 0 Å². The van der Waals surface area contributed by atoms with E-state index in [1.807, 2.05) is 30.3 Å². The van der Waals surface area contributed by atoms with Gasteiger partial charge in [-0.3, -0.25) is 4.79 Å². The molecule has 0 radical (unpaired) electrons. The summed E-state index contributed by atoms with van der Waals surface area (Å²) in [4.78, 5) is 18.6. The van der Waals surface area contributed by atoms with Crippen LogP contribution >= 0.6 is 0 Å². The zero-order chi connectivity index (χ0) is 21.2. The maximum atomic E-state index is 11.5. The number of nitrogens with one attached hydrogen (secondary N) is 2. The molecule has 1 fully saturated rings. The van der Waals surface area contributed by atoms with Crippen molar-refractivity contribution in [2.24, 2.45) is 16.6 Å². The molecule has 160 valence electrons. The molecule has 2 aromatic carbocycles. The number of anilines is 1. The first-order chi connectivity index (χ1) is 14.6. The molecule has 2 aromatic rings. The van der Waals surface area contributed by atoms with Crippen LogP contribution in [0.2, 0.25) is 0 Å². The molecule has 1 unspecified atom stereocenters. The Bertz CT molecular complexity index is 819. The Balaban J connectivity index is 1.52. The molecule has 1 saturated heterocycles. The van der Waals surface area contributed by atoms with Crippen LogP contribution in [0, 0.1) is 12.8 Å². The first kappa shape index (κ1) is 21.8. The number of aryl methyl sites for hydroxylation is 1. The smallest absolute Gasteiger partial charge is 0.221 e. The SMILES string of the molecule is Cc1ccc(CN=C(NCCCN2CCCC(C(N)=O)C2)Nc2ccccc2)cc1. The van der Waals surface area contributed by atoms with Gasteiger partial charge in [0.05, 0.1) is 12.5 Å². The second-order valence-corrected chi connectivity index (χ2v) is 7.96. The molecule has 6 nitrogen and oxygen atoms in total. The lowest BCUT2D eigenvalue weighted by atomic mass is 9.97. The number of para-hydroxylation sites is 1. The van der Waals surface area contributed by atoms with Gasteiger partial charge >= 0.3 is 0 Å². The number of aliphatic imine (C=N–C) groups is 1. The van der Waals surface area contributed by atoms with E-state index >= 15 is 0 Å². The Labute approximate surface area is 179 Å². The van der Waals surface area contributed by atoms with E-state index in [1.54, 1.807) is 0 Å². The average molecular weight is 408 g/mol. The van der Waals surface area contributed by atoms with Crippen molar-refractivity contribution in [3.05, 3.63) is 65.7 Å². The third-order valence-corrected chi connectivity index (χ3v) is 5.43. The van der Waals surface area contributed by atoms with E-state index in [0.29, 0.717) is 6.54 Å². The largest absolute Gasteiger partial charge is 0.369 e. The van der Waals surface area contributed by atoms with Gasteiger partial charge in [0.15, 0.2) is 5.96 Å². The minimum absolute atomic E-state index is 0.00177. The number of benzene rings is 2. The number of amides is 1. The van der Waals surface area contributed by atoms with E-state index in [-0.39, 0.29) is 11.8 Å². The summed E-state index contributed by atoms with van der Waals surface area (Å²) in [7, 11) is 0. The van der Waals surface area contributed by atoms with Crippen molar-refractivity contribution < 1.29 is 4.79 Å². The Morgan fingerprint density at radius 3 is 2.67 bits per heavy atom. The number of carbonyl (C=O) groups excluding carboxylic acids is 1. The van der Waals surface area contributed by atoms with Crippen molar-refractivity contribution in [2.45, 2.75) is 32.7 Å². The minimum Gasteiger partial charge on any atom is -0.369 e. The topological polar surface area (TPSA) is 82.8 Å². The fraction of sp³-hybridized carbons (Fsp3) is 0.417. The van der Waals surface area contributed by atoms with Crippen LogP contribution in [0.15, 0.2) is 59.6 Å². The highest BCUT2D eigenvalue weighted by atomic mass is 16.1. The number of likely N-dealkylation sites (tertiary alicyclic amines) is 1. The predicted octanol–water partition coefficient (Wildman–Crippen LogP) is 3.14. The maximum absolute atomic E-state index is 11.5. The number of nitrogens with two attached hydrogens (primary N) is 1. The molecule has 4 N–H and O–H groups in total. The molecule has 6 heteroatoms. The molecule has 1 atom stereocenters. The molecule has 0 bridgehead atoms. The number of nitrogens with zero attached hydrogens (tertiary/aromatic N) is 2. The molecule has 0 saturated carbocycles. The fourth-order valence-electron chi connectivity index (χ4n) is 3.66. The molecule has 1 aliphatic heterocycles. The van der Waals surface area contributed by atoms with Crippen LogP contribution in [0.25, 0.3) is 0 Å². The molecule has 1 aliphatic rings. The predicted molar refractivity (Wildman–Crippen MR) is 123 cm³/mol. The number of rotatable bonds is 8. The average Bonchev–Trinajstić information content (AvgIpc) is 2.77. The van der Waals surface area contributed by atoms with Crippen molar-refractivity contribution in [1.82, 2.24) is 10.2 Å². The van der Waals surface area contributed by atoms with Gasteiger partial charge in [-0.25, -0.2) is 4.99 Å². The maximum Gasteiger partial charge on any atom is 0.221 e. The highest BCUT2D eigenvalue weighted by Gasteiger charge is 2.23. The van der Waals surface area contributed by atoms with E-state index in [2.05, 4.69) is 46.7 Å². The lowest BCUT2D eigenvalue weighted by molar-refractivity contribution is -0.123. The molecule has 30 heavy (non-hydrogen) atoms. The van der Waals surface area contributed by atoms with Crippen LogP contribution in [0.5, 0.6) is 0 Å². The van der Waals surface area contributed by atoms with Gasteiger partial charge in [-0.15, -0.1) is 0 Å². The van der Waals surface area contributed by atoms with Crippen molar-refractivity contribution >= 4 is 17.6 Å². The number of hydrogen-bond donors (Lipinski definition) is 3. The highest BCUT2D eigenvalue weighted by molar-refractivity contribution is 5.93. The van der Waals surface area contributed by atoms with Crippen LogP contribution in [-0.2, 0) is 11.3 Å². The summed E-state index contributed by atoms with van der Waals surface area (Å²) in [5.74, 6) is 0.601. The zero-order valence-electron chi connectivity index (χ0n) is 17.8. The van der Waals surface area contributed by atoms with Gasteiger partial charge in [-0.2, -0.15) is 0 Å². The standard InChI is InChI=1S/C24H33N5O/c1-19-10-12-20(13-11-19)17-27-24(28-22-8-3-2-4-9-22)26-14-6-16-29-15-5-7-21(18-29)23(25)30/h2-4,8-13,21H,5-7,14-18H2,1H3,(H2,25,30)(H2,26,27,28). The summed E-state index contributed by atoms with van der Waals surface area (Å²) in [6.45, 7) is 6.30. The number of primary amides is 1. The van der Waals surface area contributed by atoms with Crippen LogP contribution in [0.4, 0.5) is 5.69 Å². The summed E-state index contributed by atoms with van der Waals surface area (Å²) in [5, 5.41) is 6.83. The molecule has 0 aromatic heterocycles. The summed E-state index contributed by atoms with van der Waals surface area (Å²) in [5.41, 5.74) is 8.92. The second-order valence-electron chi connectivity index (χ2n) is 7.96. The molecular weight excluding hydrogens is 374 g/mol. The van der Waals surface area contributed by atoms with Gasteiger partial charge in [0.25, 0.3) is 0 Å². The Morgan fingerprint density at radius 1 is 1.17 bits per heavy atom. The Kier molecular flexibility index (Phi) is 8.27. The van der Waals surface area contributed by atoms with Gasteiger partial charge in [0, 0.05) is 18.8 Å². The van der Waals surface area contributed by atoms with E-state index in [4.69, 9.17) is 10.7 Å². The minimum atomic E-state index is -0.171. The van der Waals surface area contributed by atoms with E-state index in [9.17, 15) is 4.79 Å². The molecular formula is C24H33N5O. The van der Waals surface area contributed by atoms with Gasteiger partial charge in [-0.05, 0) is 57.0 Å². The molecule has 0 spiro atoms. The van der Waals surface area contributed by atoms with E-state index < -0.39 is 0 Å². The van der Waals surface area contributed by atoms with Crippen LogP contribution < -0.4 is 16.4 Å². The van der Waals surface area contributed by atoms with Crippen molar-refractivity contribution in [2.75, 3.05) is 31.5 Å². The monoisotopic (exact) mass is 407 g/mol. The Morgan fingerprint density at radius 2 is 1.93 bits per heavy atom. The third kappa shape index (κ3) is 7.19. The van der Waals surface area contributed by atoms with Gasteiger partial charge in [-0.1, -0.05) is 48.0 Å². The summed E-state index contributed by atoms with van der Waals surface area (Å²) < 4.78 is 0. The Hall–Kier alpha value is -2.86. The number of hydrogen-bond acceptors (Lipinski definition) is 3. The first-order valence-corrected chi connectivity index (χ1v) is 10.8. The van der Waals surface area contributed by atoms with Crippen LogP contribution in [0.3, 0.4) is 0 Å². The van der Waals surface area contributed by atoms with Crippen molar-refractivity contribution in [3.8, 4) is 0 Å². The lowest BCUT2D eigenvalue weighted by Gasteiger charge is -2.31. The number of piperidine rings is 1. The van der Waals surface area contributed by atoms with E-state index in [0.717, 1.165) is 57.1 Å². The third-order valence-electron chi connectivity index (χ3n) is 5.43.